The van der Waals surface area contributed by atoms with E-state index in [9.17, 15) is 8.78 Å². The fourth-order valence-corrected chi connectivity index (χ4v) is 3.83. The summed E-state index contributed by atoms with van der Waals surface area (Å²) >= 11 is 1.49. The Balaban J connectivity index is 1.82. The van der Waals surface area contributed by atoms with Crippen molar-refractivity contribution in [2.75, 3.05) is 6.61 Å². The van der Waals surface area contributed by atoms with Crippen LogP contribution in [-0.4, -0.2) is 28.2 Å². The first-order valence-electron chi connectivity index (χ1n) is 8.66. The molecule has 8 heteroatoms. The minimum Gasteiger partial charge on any atom is -0.489 e. The molecule has 2 heterocycles. The van der Waals surface area contributed by atoms with Crippen LogP contribution in [0.5, 0.6) is 11.5 Å². The zero-order valence-corrected chi connectivity index (χ0v) is 16.7. The minimum atomic E-state index is -2.87. The number of thioether (sulfide) groups is 1. The molecule has 0 fully saturated rings. The third-order valence-corrected chi connectivity index (χ3v) is 5.18. The molecule has 0 unspecified atom stereocenters. The Morgan fingerprint density at radius 1 is 1.29 bits per heavy atom. The van der Waals surface area contributed by atoms with Crippen molar-refractivity contribution in [3.63, 3.8) is 0 Å². The van der Waals surface area contributed by atoms with Crippen LogP contribution in [0.3, 0.4) is 0 Å². The van der Waals surface area contributed by atoms with E-state index in [1.165, 1.54) is 11.8 Å². The summed E-state index contributed by atoms with van der Waals surface area (Å²) in [6.45, 7) is 6.64. The summed E-state index contributed by atoms with van der Waals surface area (Å²) < 4.78 is 35.6. The molecule has 0 aliphatic heterocycles. The second-order valence-corrected chi connectivity index (χ2v) is 7.20. The fraction of sp³-hybridized carbons (Fsp3) is 0.300. The summed E-state index contributed by atoms with van der Waals surface area (Å²) in [7, 11) is 0. The van der Waals surface area contributed by atoms with Crippen LogP contribution in [0.4, 0.5) is 8.78 Å². The number of hydrogen-bond acceptors (Lipinski definition) is 5. The van der Waals surface area contributed by atoms with Crippen LogP contribution in [0, 0.1) is 20.8 Å². The fourth-order valence-electron chi connectivity index (χ4n) is 2.92. The second kappa shape index (κ2) is 8.60. The van der Waals surface area contributed by atoms with Crippen LogP contribution >= 0.6 is 11.8 Å². The molecular weight excluding hydrogens is 384 g/mol. The summed E-state index contributed by atoms with van der Waals surface area (Å²) in [5.41, 5.74) is 4.49. The Morgan fingerprint density at radius 3 is 2.79 bits per heavy atom. The molecule has 2 aromatic heterocycles. The van der Waals surface area contributed by atoms with Crippen molar-refractivity contribution in [1.82, 2.24) is 15.0 Å². The lowest BCUT2D eigenvalue weighted by Crippen LogP contribution is -2.05. The van der Waals surface area contributed by atoms with Gasteiger partial charge in [-0.15, -0.1) is 0 Å². The van der Waals surface area contributed by atoms with E-state index >= 15 is 0 Å². The van der Waals surface area contributed by atoms with Gasteiger partial charge in [-0.05, 0) is 38.5 Å². The summed E-state index contributed by atoms with van der Waals surface area (Å²) in [5, 5.41) is 0.685. The molecule has 0 aliphatic rings. The van der Waals surface area contributed by atoms with E-state index in [1.54, 1.807) is 32.2 Å². The Kier molecular flexibility index (Phi) is 6.18. The number of aromatic amines is 1. The van der Waals surface area contributed by atoms with Gasteiger partial charge in [-0.1, -0.05) is 24.4 Å². The Morgan fingerprint density at radius 2 is 2.07 bits per heavy atom. The van der Waals surface area contributed by atoms with Crippen molar-refractivity contribution in [2.24, 2.45) is 0 Å². The maximum atomic E-state index is 12.7. The van der Waals surface area contributed by atoms with Gasteiger partial charge in [-0.2, -0.15) is 8.78 Å². The van der Waals surface area contributed by atoms with E-state index in [0.29, 0.717) is 34.2 Å². The highest BCUT2D eigenvalue weighted by atomic mass is 32.2. The van der Waals surface area contributed by atoms with Gasteiger partial charge in [0.25, 0.3) is 0 Å². The van der Waals surface area contributed by atoms with E-state index in [1.807, 2.05) is 13.0 Å². The van der Waals surface area contributed by atoms with Crippen molar-refractivity contribution in [3.8, 4) is 11.5 Å². The summed E-state index contributed by atoms with van der Waals surface area (Å²) in [6.07, 6.45) is 3.40. The highest BCUT2D eigenvalue weighted by Crippen LogP contribution is 2.33. The number of fused-ring (bicyclic) bond motifs is 1. The van der Waals surface area contributed by atoms with Crippen molar-refractivity contribution in [2.45, 2.75) is 38.3 Å². The number of halogens is 2. The number of nitrogens with one attached hydrogen (secondary N) is 1. The smallest absolute Gasteiger partial charge is 0.387 e. The molecule has 0 saturated carbocycles. The molecule has 148 valence electrons. The number of hydrogen-bond donors (Lipinski definition) is 1. The lowest BCUT2D eigenvalue weighted by Gasteiger charge is -2.11. The van der Waals surface area contributed by atoms with E-state index in [2.05, 4.69) is 26.3 Å². The van der Waals surface area contributed by atoms with E-state index < -0.39 is 6.61 Å². The van der Waals surface area contributed by atoms with Gasteiger partial charge in [0.15, 0.2) is 5.16 Å². The molecule has 0 atom stereocenters. The van der Waals surface area contributed by atoms with Gasteiger partial charge in [0.05, 0.1) is 16.7 Å². The monoisotopic (exact) mass is 405 g/mol. The lowest BCUT2D eigenvalue weighted by atomic mass is 10.1. The van der Waals surface area contributed by atoms with Crippen molar-refractivity contribution < 1.29 is 18.3 Å². The average molecular weight is 405 g/mol. The predicted octanol–water partition coefficient (Wildman–Crippen LogP) is 5.34. The molecule has 0 radical (unpaired) electrons. The van der Waals surface area contributed by atoms with Gasteiger partial charge in [0.1, 0.15) is 18.1 Å². The maximum Gasteiger partial charge on any atom is 0.387 e. The summed E-state index contributed by atoms with van der Waals surface area (Å²) in [5.74, 6) is 1.54. The van der Waals surface area contributed by atoms with Gasteiger partial charge in [-0.3, -0.25) is 4.98 Å². The van der Waals surface area contributed by atoms with Gasteiger partial charge in [0, 0.05) is 23.1 Å². The number of H-pyrrole nitrogens is 1. The Bertz CT molecular complexity index is 1000. The number of ether oxygens (including phenoxy) is 2. The van der Waals surface area contributed by atoms with Crippen LogP contribution in [0.25, 0.3) is 11.0 Å². The SMILES string of the molecule is C=CCOc1ccnc(CSc2nc3c(C)c(OC(F)F)c(C)cc3[nH]2)c1C. The Hall–Kier alpha value is -2.61. The molecule has 0 bridgehead atoms. The molecule has 0 aliphatic carbocycles. The first-order chi connectivity index (χ1) is 13.4. The predicted molar refractivity (Wildman–Crippen MR) is 106 cm³/mol. The topological polar surface area (TPSA) is 60.0 Å². The third-order valence-electron chi connectivity index (χ3n) is 4.29. The first kappa shape index (κ1) is 20.1. The molecule has 1 aromatic carbocycles. The number of benzene rings is 1. The zero-order chi connectivity index (χ0) is 20.3. The number of imidazole rings is 1. The van der Waals surface area contributed by atoms with Gasteiger partial charge in [-0.25, -0.2) is 4.98 Å². The van der Waals surface area contributed by atoms with E-state index in [0.717, 1.165) is 22.5 Å². The molecule has 3 aromatic rings. The quantitative estimate of drug-likeness (QED) is 0.405. The van der Waals surface area contributed by atoms with E-state index in [-0.39, 0.29) is 5.75 Å². The van der Waals surface area contributed by atoms with Gasteiger partial charge in [0.2, 0.25) is 0 Å². The van der Waals surface area contributed by atoms with Gasteiger partial charge >= 0.3 is 6.61 Å². The molecule has 28 heavy (non-hydrogen) atoms. The largest absolute Gasteiger partial charge is 0.489 e. The average Bonchev–Trinajstić information content (AvgIpc) is 3.06. The lowest BCUT2D eigenvalue weighted by molar-refractivity contribution is -0.0506. The number of nitrogens with zero attached hydrogens (tertiary/aromatic N) is 2. The number of pyridine rings is 1. The highest BCUT2D eigenvalue weighted by molar-refractivity contribution is 7.98. The third kappa shape index (κ3) is 4.27. The van der Waals surface area contributed by atoms with Crippen molar-refractivity contribution in [1.29, 1.82) is 0 Å². The molecule has 0 saturated heterocycles. The van der Waals surface area contributed by atoms with Crippen molar-refractivity contribution in [3.05, 3.63) is 53.4 Å². The highest BCUT2D eigenvalue weighted by Gasteiger charge is 2.17. The summed E-state index contributed by atoms with van der Waals surface area (Å²) in [6, 6.07) is 3.59. The zero-order valence-electron chi connectivity index (χ0n) is 15.9. The minimum absolute atomic E-state index is 0.176. The molecule has 0 amide bonds. The van der Waals surface area contributed by atoms with E-state index in [4.69, 9.17) is 4.74 Å². The van der Waals surface area contributed by atoms with Gasteiger partial charge < -0.3 is 14.5 Å². The number of alkyl halides is 2. The van der Waals surface area contributed by atoms with Crippen LogP contribution in [-0.2, 0) is 5.75 Å². The number of rotatable bonds is 8. The van der Waals surface area contributed by atoms with Crippen LogP contribution in [0.1, 0.15) is 22.4 Å². The molecule has 1 N–H and O–H groups in total. The Labute approximate surface area is 166 Å². The summed E-state index contributed by atoms with van der Waals surface area (Å²) in [4.78, 5) is 12.2. The maximum absolute atomic E-state index is 12.7. The van der Waals surface area contributed by atoms with Crippen LogP contribution in [0.15, 0.2) is 36.1 Å². The standard InChI is InChI=1S/C20H21F2N3O2S/c1-5-8-26-16-6-7-23-15(12(16)3)10-28-20-24-14-9-11(2)18(27-19(21)22)13(4)17(14)25-20/h5-7,9,19H,1,8,10H2,2-4H3,(H,24,25). The molecule has 0 spiro atoms. The molecule has 3 rings (SSSR count). The normalized spacial score (nSPS) is 11.2. The second-order valence-electron chi connectivity index (χ2n) is 6.23. The van der Waals surface area contributed by atoms with Crippen LogP contribution in [0.2, 0.25) is 0 Å². The van der Waals surface area contributed by atoms with Crippen molar-refractivity contribution >= 4 is 22.8 Å². The van der Waals surface area contributed by atoms with Crippen LogP contribution < -0.4 is 9.47 Å². The first-order valence-corrected chi connectivity index (χ1v) is 9.65. The number of aromatic nitrogens is 3. The molecule has 5 nitrogen and oxygen atoms in total. The number of aryl methyl sites for hydroxylation is 2. The molecular formula is C20H21F2N3O2S.